The molecule has 0 aliphatic heterocycles. The molecule has 0 aliphatic carbocycles. The average Bonchev–Trinajstić information content (AvgIpc) is 3.24. The second-order valence-electron chi connectivity index (χ2n) is 15.3. The smallest absolute Gasteiger partial charge is 0.322 e. The largest absolute Gasteiger partial charge is 0.507 e. The number of nitrogens with one attached hydrogen (secondary N) is 2. The number of ketones is 2. The minimum Gasteiger partial charge on any atom is -0.507 e. The number of fused-ring (bicyclic) bond motifs is 2. The SMILES string of the molecule is COC(=O)[C@H](CCCN=C(N)N)NCC(=O)COc1cc2oc3cc(OCC(=O)CN[C@@H](CCCN=C(N)N)C(=O)OC)c(CO)c(CC=C(C)C)c3c(=O)c2c(O)c1CC=C(C)C. The number of aliphatic imine (C=N–C) groups is 2. The summed E-state index contributed by atoms with van der Waals surface area (Å²) in [6, 6.07) is 1.15. The van der Waals surface area contributed by atoms with Gasteiger partial charge in [0.1, 0.15) is 59.1 Å². The maximum Gasteiger partial charge on any atom is 0.322 e. The lowest BCUT2D eigenvalue weighted by Gasteiger charge is -2.19. The summed E-state index contributed by atoms with van der Waals surface area (Å²) >= 11 is 0. The Kier molecular flexibility index (Phi) is 20.7. The molecule has 0 bridgehead atoms. The molecule has 3 rings (SSSR count). The third kappa shape index (κ3) is 15.4. The van der Waals surface area contributed by atoms with Crippen LogP contribution in [0.25, 0.3) is 21.9 Å². The van der Waals surface area contributed by atoms with Crippen molar-refractivity contribution in [3.05, 3.63) is 62.3 Å². The van der Waals surface area contributed by atoms with E-state index in [-0.39, 0.29) is 108 Å². The number of aromatic hydroxyl groups is 1. The zero-order valence-corrected chi connectivity index (χ0v) is 37.3. The molecule has 350 valence electrons. The number of carbonyl (C=O) groups excluding carboxylic acids is 4. The van der Waals surface area contributed by atoms with Crippen LogP contribution in [0.3, 0.4) is 0 Å². The van der Waals surface area contributed by atoms with E-state index in [9.17, 15) is 34.2 Å². The number of rotatable bonds is 27. The fraction of sp³-hybridized carbons (Fsp3) is 0.477. The summed E-state index contributed by atoms with van der Waals surface area (Å²) in [5, 5.41) is 28.2. The molecule has 12 N–H and O–H groups in total. The van der Waals surface area contributed by atoms with Crippen molar-refractivity contribution in [1.82, 2.24) is 10.6 Å². The third-order valence-corrected chi connectivity index (χ3v) is 9.79. The summed E-state index contributed by atoms with van der Waals surface area (Å²) in [7, 11) is 2.46. The fourth-order valence-corrected chi connectivity index (χ4v) is 6.52. The van der Waals surface area contributed by atoms with Crippen LogP contribution < -0.4 is 48.5 Å². The zero-order valence-electron chi connectivity index (χ0n) is 37.3. The van der Waals surface area contributed by atoms with Crippen molar-refractivity contribution in [2.75, 3.05) is 53.6 Å². The maximum absolute atomic E-state index is 14.5. The molecule has 2 aromatic carbocycles. The van der Waals surface area contributed by atoms with Crippen LogP contribution in [0.1, 0.15) is 70.1 Å². The Bertz CT molecular complexity index is 2320. The number of allylic oxidation sites excluding steroid dienone is 4. The van der Waals surface area contributed by atoms with Crippen LogP contribution in [-0.2, 0) is 48.1 Å². The molecule has 0 unspecified atom stereocenters. The first kappa shape index (κ1) is 51.8. The summed E-state index contributed by atoms with van der Waals surface area (Å²) in [5.74, 6) is -2.51. The second-order valence-corrected chi connectivity index (χ2v) is 15.3. The number of hydrogen-bond acceptors (Lipinski definition) is 16. The number of aliphatic hydroxyl groups excluding tert-OH is 1. The standard InChI is InChI=1S/C44H62N8O12/c1-24(2)11-13-28-30(21-53)34(63-23-27(55)20-52-32(42(59)61-6)10-8-16-50-44(47)48)18-35-37(28)40(57)38-36(64-35)17-33(29(39(38)56)14-12-25(3)4)62-22-26(54)19-51-31(41(58)60-5)9-7-15-49-43(45)46/h11-12,17-18,31-32,51-53,56H,7-10,13-16,19-23H2,1-6H3,(H4,45,46,49)(H4,47,48,50)/t31-,32-/m0/s1. The summed E-state index contributed by atoms with van der Waals surface area (Å²) < 4.78 is 28.0. The number of phenolic OH excluding ortho intramolecular Hbond substituents is 1. The molecule has 64 heavy (non-hydrogen) atoms. The predicted molar refractivity (Wildman–Crippen MR) is 242 cm³/mol. The van der Waals surface area contributed by atoms with Crippen LogP contribution in [-0.4, -0.2) is 111 Å². The summed E-state index contributed by atoms with van der Waals surface area (Å²) in [6.45, 7) is 5.93. The molecule has 0 spiro atoms. The number of phenols is 1. The molecule has 1 aromatic heterocycles. The van der Waals surface area contributed by atoms with Gasteiger partial charge in [0.25, 0.3) is 0 Å². The van der Waals surface area contributed by atoms with Crippen molar-refractivity contribution in [3.63, 3.8) is 0 Å². The van der Waals surface area contributed by atoms with Crippen LogP contribution in [0.5, 0.6) is 17.2 Å². The van der Waals surface area contributed by atoms with Crippen molar-refractivity contribution in [2.24, 2.45) is 32.9 Å². The van der Waals surface area contributed by atoms with Gasteiger partial charge < -0.3 is 56.5 Å². The number of esters is 2. The minimum atomic E-state index is -0.824. The monoisotopic (exact) mass is 894 g/mol. The molecule has 0 radical (unpaired) electrons. The van der Waals surface area contributed by atoms with Crippen molar-refractivity contribution < 1.29 is 52.8 Å². The van der Waals surface area contributed by atoms with Gasteiger partial charge >= 0.3 is 11.9 Å². The van der Waals surface area contributed by atoms with Crippen molar-refractivity contribution >= 4 is 57.4 Å². The summed E-state index contributed by atoms with van der Waals surface area (Å²) in [6.07, 6.45) is 5.39. The van der Waals surface area contributed by atoms with Crippen LogP contribution in [0.2, 0.25) is 0 Å². The van der Waals surface area contributed by atoms with Gasteiger partial charge in [-0.05, 0) is 71.8 Å². The highest BCUT2D eigenvalue weighted by Gasteiger charge is 2.26. The number of methoxy groups -OCH3 is 2. The zero-order chi connectivity index (χ0) is 47.5. The quantitative estimate of drug-likeness (QED) is 0.0134. The number of nitrogens with two attached hydrogens (primary N) is 4. The highest BCUT2D eigenvalue weighted by Crippen LogP contribution is 2.39. The Hall–Kier alpha value is -6.51. The van der Waals surface area contributed by atoms with E-state index in [2.05, 4.69) is 20.6 Å². The lowest BCUT2D eigenvalue weighted by atomic mass is 9.95. The van der Waals surface area contributed by atoms with E-state index in [1.165, 1.54) is 26.4 Å². The topological polar surface area (TPSA) is 329 Å². The molecule has 20 heteroatoms. The second kappa shape index (κ2) is 25.6. The Morgan fingerprint density at radius 2 is 1.16 bits per heavy atom. The number of nitrogens with zero attached hydrogens (tertiary/aromatic N) is 2. The van der Waals surface area contributed by atoms with Crippen LogP contribution in [0.15, 0.2) is 54.6 Å². The Morgan fingerprint density at radius 1 is 0.719 bits per heavy atom. The molecular formula is C44H62N8O12. The van der Waals surface area contributed by atoms with Crippen molar-refractivity contribution in [2.45, 2.75) is 84.9 Å². The molecule has 0 aliphatic rings. The van der Waals surface area contributed by atoms with E-state index < -0.39 is 66.6 Å². The summed E-state index contributed by atoms with van der Waals surface area (Å²) in [5.41, 5.74) is 23.5. The molecule has 1 heterocycles. The highest BCUT2D eigenvalue weighted by molar-refractivity contribution is 5.97. The lowest BCUT2D eigenvalue weighted by molar-refractivity contribution is -0.144. The number of aliphatic hydroxyl groups is 1. The first-order chi connectivity index (χ1) is 30.4. The average molecular weight is 895 g/mol. The van der Waals surface area contributed by atoms with Gasteiger partial charge in [-0.25, -0.2) is 0 Å². The molecular weight excluding hydrogens is 833 g/mol. The Balaban J connectivity index is 2.02. The van der Waals surface area contributed by atoms with Gasteiger partial charge in [-0.15, -0.1) is 0 Å². The number of Topliss-reactive ketones (excluding diaryl/α,β-unsaturated/α-hetero) is 2. The maximum atomic E-state index is 14.5. The van der Waals surface area contributed by atoms with Gasteiger partial charge in [-0.3, -0.25) is 44.6 Å². The van der Waals surface area contributed by atoms with Crippen LogP contribution in [0, 0.1) is 0 Å². The van der Waals surface area contributed by atoms with E-state index in [1.807, 2.05) is 39.8 Å². The van der Waals surface area contributed by atoms with E-state index in [4.69, 9.17) is 46.3 Å². The van der Waals surface area contributed by atoms with Gasteiger partial charge in [0.05, 0.1) is 39.3 Å². The predicted octanol–water partition coefficient (Wildman–Crippen LogP) is 1.43. The molecule has 0 saturated heterocycles. The van der Waals surface area contributed by atoms with E-state index >= 15 is 0 Å². The minimum absolute atomic E-state index is 0.0235. The molecule has 0 amide bonds. The lowest BCUT2D eigenvalue weighted by Crippen LogP contribution is -2.41. The van der Waals surface area contributed by atoms with Gasteiger partial charge in [0, 0.05) is 36.3 Å². The molecule has 3 aromatic rings. The van der Waals surface area contributed by atoms with Crippen molar-refractivity contribution in [3.8, 4) is 17.2 Å². The Labute approximate surface area is 371 Å². The Morgan fingerprint density at radius 3 is 1.58 bits per heavy atom. The van der Waals surface area contributed by atoms with Gasteiger partial charge in [0.2, 0.25) is 5.43 Å². The van der Waals surface area contributed by atoms with Gasteiger partial charge in [-0.1, -0.05) is 23.3 Å². The highest BCUT2D eigenvalue weighted by atomic mass is 16.5. The number of hydrogen-bond donors (Lipinski definition) is 8. The third-order valence-electron chi connectivity index (χ3n) is 9.79. The molecule has 0 fully saturated rings. The van der Waals surface area contributed by atoms with Crippen molar-refractivity contribution in [1.29, 1.82) is 0 Å². The molecule has 0 saturated carbocycles. The first-order valence-corrected chi connectivity index (χ1v) is 20.6. The number of ether oxygens (including phenoxy) is 4. The van der Waals surface area contributed by atoms with Crippen LogP contribution >= 0.6 is 0 Å². The molecule has 20 nitrogen and oxygen atoms in total. The molecule has 2 atom stereocenters. The van der Waals surface area contributed by atoms with Crippen LogP contribution in [0.4, 0.5) is 0 Å². The van der Waals surface area contributed by atoms with E-state index in [1.54, 1.807) is 0 Å². The van der Waals surface area contributed by atoms with E-state index in [0.717, 1.165) is 11.1 Å². The van der Waals surface area contributed by atoms with E-state index in [0.29, 0.717) is 18.4 Å². The number of benzene rings is 2. The number of carbonyl (C=O) groups is 4. The summed E-state index contributed by atoms with van der Waals surface area (Å²) in [4.78, 5) is 73.3. The normalized spacial score (nSPS) is 11.9. The van der Waals surface area contributed by atoms with Gasteiger partial charge in [-0.2, -0.15) is 0 Å². The number of guanidine groups is 2. The van der Waals surface area contributed by atoms with Gasteiger partial charge in [0.15, 0.2) is 23.5 Å². The first-order valence-electron chi connectivity index (χ1n) is 20.6. The fourth-order valence-electron chi connectivity index (χ4n) is 6.52.